The summed E-state index contributed by atoms with van der Waals surface area (Å²) in [5, 5.41) is 8.20. The van der Waals surface area contributed by atoms with E-state index in [9.17, 15) is 9.59 Å². The Bertz CT molecular complexity index is 1510. The van der Waals surface area contributed by atoms with Gasteiger partial charge in [-0.2, -0.15) is 5.10 Å². The highest BCUT2D eigenvalue weighted by atomic mass is 32.1. The summed E-state index contributed by atoms with van der Waals surface area (Å²) >= 11 is 1.37. The first-order valence-corrected chi connectivity index (χ1v) is 13.0. The molecule has 0 radical (unpaired) electrons. The number of benzene rings is 1. The lowest BCUT2D eigenvalue weighted by atomic mass is 9.95. The van der Waals surface area contributed by atoms with Crippen LogP contribution in [0.25, 0.3) is 27.5 Å². The summed E-state index contributed by atoms with van der Waals surface area (Å²) in [5.41, 5.74) is 5.74. The van der Waals surface area contributed by atoms with Gasteiger partial charge in [0.05, 0.1) is 35.2 Å². The van der Waals surface area contributed by atoms with Crippen LogP contribution in [0.15, 0.2) is 42.7 Å². The third-order valence-corrected chi connectivity index (χ3v) is 7.06. The third-order valence-electron chi connectivity index (χ3n) is 6.04. The van der Waals surface area contributed by atoms with Crippen LogP contribution in [0, 0.1) is 0 Å². The van der Waals surface area contributed by atoms with Crippen LogP contribution >= 0.6 is 11.3 Å². The fourth-order valence-electron chi connectivity index (χ4n) is 4.40. The summed E-state index contributed by atoms with van der Waals surface area (Å²) in [6, 6.07) is 9.27. The number of amides is 2. The lowest BCUT2D eigenvalue weighted by Gasteiger charge is -2.19. The van der Waals surface area contributed by atoms with E-state index >= 15 is 0 Å². The molecule has 3 aromatic heterocycles. The molecule has 11 heteroatoms. The number of nitrogens with zero attached hydrogens (tertiary/aromatic N) is 5. The molecule has 1 N–H and O–H groups in total. The van der Waals surface area contributed by atoms with E-state index in [4.69, 9.17) is 14.6 Å². The van der Waals surface area contributed by atoms with E-state index in [-0.39, 0.29) is 12.0 Å². The average molecular weight is 533 g/mol. The van der Waals surface area contributed by atoms with Crippen LogP contribution in [0.2, 0.25) is 0 Å². The monoisotopic (exact) mass is 532 g/mol. The number of methoxy groups -OCH3 is 1. The van der Waals surface area contributed by atoms with Gasteiger partial charge in [-0.3, -0.25) is 15.1 Å². The first kappa shape index (κ1) is 25.4. The Morgan fingerprint density at radius 3 is 2.68 bits per heavy atom. The summed E-state index contributed by atoms with van der Waals surface area (Å²) in [4.78, 5) is 36.0. The number of ether oxygens (including phenoxy) is 2. The number of aryl methyl sites for hydroxylation is 1. The van der Waals surface area contributed by atoms with Crippen molar-refractivity contribution in [1.82, 2.24) is 24.6 Å². The number of rotatable bonds is 6. The molecule has 4 aromatic rings. The highest BCUT2D eigenvalue weighted by Gasteiger charge is 2.31. The molecule has 196 valence electrons. The molecule has 0 saturated carbocycles. The summed E-state index contributed by atoms with van der Waals surface area (Å²) in [7, 11) is 4.75. The fraction of sp³-hybridized carbons (Fsp3) is 0.296. The van der Waals surface area contributed by atoms with Crippen LogP contribution in [0.4, 0.5) is 9.93 Å². The zero-order valence-electron chi connectivity index (χ0n) is 21.8. The highest BCUT2D eigenvalue weighted by Crippen LogP contribution is 2.45. The van der Waals surface area contributed by atoms with Gasteiger partial charge >= 0.3 is 6.09 Å². The Balaban J connectivity index is 1.73. The van der Waals surface area contributed by atoms with Gasteiger partial charge in [-0.15, -0.1) is 0 Å². The second-order valence-corrected chi connectivity index (χ2v) is 10.3. The maximum atomic E-state index is 12.7. The SMILES string of the molecule is COC(=O)Nc1nc2c(s1)-c1c(c(-c3cccnc3)nn1-c1ccc(C(=O)N(C)C)cc1OC(C)C)CC2. The van der Waals surface area contributed by atoms with E-state index in [1.807, 2.05) is 36.7 Å². The number of hydrogen-bond donors (Lipinski definition) is 1. The number of aromatic nitrogens is 4. The Labute approximate surface area is 224 Å². The minimum absolute atomic E-state index is 0.119. The van der Waals surface area contributed by atoms with Gasteiger partial charge in [-0.1, -0.05) is 11.3 Å². The van der Waals surface area contributed by atoms with Crippen molar-refractivity contribution in [3.8, 4) is 33.3 Å². The Hall–Kier alpha value is -4.25. The summed E-state index contributed by atoms with van der Waals surface area (Å²) in [6.07, 6.45) is 4.24. The molecule has 3 heterocycles. The van der Waals surface area contributed by atoms with E-state index in [0.717, 1.165) is 33.1 Å². The van der Waals surface area contributed by atoms with Crippen molar-refractivity contribution in [3.05, 3.63) is 59.5 Å². The second kappa shape index (κ2) is 10.3. The van der Waals surface area contributed by atoms with Crippen LogP contribution in [0.5, 0.6) is 5.75 Å². The van der Waals surface area contributed by atoms with Gasteiger partial charge in [0.25, 0.3) is 5.91 Å². The number of anilines is 1. The van der Waals surface area contributed by atoms with Crippen molar-refractivity contribution in [3.63, 3.8) is 0 Å². The predicted molar refractivity (Wildman–Crippen MR) is 145 cm³/mol. The van der Waals surface area contributed by atoms with Crippen LogP contribution < -0.4 is 10.1 Å². The van der Waals surface area contributed by atoms with Crippen molar-refractivity contribution in [2.75, 3.05) is 26.5 Å². The molecule has 0 aliphatic heterocycles. The number of hydrogen-bond acceptors (Lipinski definition) is 8. The number of thiazole rings is 1. The van der Waals surface area contributed by atoms with Gasteiger partial charge in [0.2, 0.25) is 0 Å². The van der Waals surface area contributed by atoms with Gasteiger partial charge in [0.15, 0.2) is 5.13 Å². The van der Waals surface area contributed by atoms with Crippen molar-refractivity contribution in [2.24, 2.45) is 0 Å². The second-order valence-electron chi connectivity index (χ2n) is 9.29. The first-order valence-electron chi connectivity index (χ1n) is 12.2. The van der Waals surface area contributed by atoms with Gasteiger partial charge in [-0.05, 0) is 57.0 Å². The summed E-state index contributed by atoms with van der Waals surface area (Å²) < 4.78 is 12.8. The molecule has 0 atom stereocenters. The molecule has 10 nitrogen and oxygen atoms in total. The fourth-order valence-corrected chi connectivity index (χ4v) is 5.45. The van der Waals surface area contributed by atoms with Crippen molar-refractivity contribution < 1.29 is 19.1 Å². The topological polar surface area (TPSA) is 111 Å². The van der Waals surface area contributed by atoms with E-state index < -0.39 is 6.09 Å². The Morgan fingerprint density at radius 2 is 2.00 bits per heavy atom. The molecule has 1 aliphatic carbocycles. The lowest BCUT2D eigenvalue weighted by Crippen LogP contribution is -2.22. The molecule has 38 heavy (non-hydrogen) atoms. The minimum Gasteiger partial charge on any atom is -0.489 e. The molecular weight excluding hydrogens is 504 g/mol. The largest absolute Gasteiger partial charge is 0.489 e. The molecule has 5 rings (SSSR count). The van der Waals surface area contributed by atoms with Gasteiger partial charge < -0.3 is 14.4 Å². The number of carbonyl (C=O) groups excluding carboxylic acids is 2. The number of fused-ring (bicyclic) bond motifs is 3. The molecule has 0 unspecified atom stereocenters. The van der Waals surface area contributed by atoms with Gasteiger partial charge in [-0.25, -0.2) is 14.5 Å². The summed E-state index contributed by atoms with van der Waals surface area (Å²) in [5.74, 6) is 0.423. The van der Waals surface area contributed by atoms with Gasteiger partial charge in [0.1, 0.15) is 11.4 Å². The van der Waals surface area contributed by atoms with E-state index in [1.54, 1.807) is 38.6 Å². The maximum absolute atomic E-state index is 12.7. The Morgan fingerprint density at radius 1 is 1.18 bits per heavy atom. The highest BCUT2D eigenvalue weighted by molar-refractivity contribution is 7.19. The third kappa shape index (κ3) is 4.72. The van der Waals surface area contributed by atoms with Crippen LogP contribution in [0.1, 0.15) is 35.5 Å². The lowest BCUT2D eigenvalue weighted by molar-refractivity contribution is 0.0827. The van der Waals surface area contributed by atoms with E-state index in [2.05, 4.69) is 15.3 Å². The molecule has 0 spiro atoms. The predicted octanol–water partition coefficient (Wildman–Crippen LogP) is 4.82. The van der Waals surface area contributed by atoms with Gasteiger partial charge in [0, 0.05) is 43.2 Å². The maximum Gasteiger partial charge on any atom is 0.413 e. The molecule has 0 saturated heterocycles. The van der Waals surface area contributed by atoms with E-state index in [1.165, 1.54) is 23.3 Å². The van der Waals surface area contributed by atoms with Crippen molar-refractivity contribution >= 4 is 28.5 Å². The summed E-state index contributed by atoms with van der Waals surface area (Å²) in [6.45, 7) is 3.88. The number of nitrogens with one attached hydrogen (secondary N) is 1. The zero-order valence-corrected chi connectivity index (χ0v) is 22.6. The normalized spacial score (nSPS) is 12.1. The quantitative estimate of drug-likeness (QED) is 0.379. The molecule has 1 aromatic carbocycles. The molecule has 0 bridgehead atoms. The van der Waals surface area contributed by atoms with Crippen molar-refractivity contribution in [1.29, 1.82) is 0 Å². The molecule has 1 aliphatic rings. The average Bonchev–Trinajstić information content (AvgIpc) is 3.49. The molecule has 0 fully saturated rings. The number of pyridine rings is 1. The smallest absolute Gasteiger partial charge is 0.413 e. The molecular formula is C27H28N6O4S. The standard InChI is InChI=1S/C27H28N6O4S/c1-15(2)37-21-13-16(25(34)32(3)4)8-11-20(21)33-23-18(22(31-33)17-7-6-12-28-14-17)9-10-19-24(23)38-26(29-19)30-27(35)36-5/h6-8,11-15H,9-10H2,1-5H3,(H,29,30,35). The first-order chi connectivity index (χ1) is 18.3. The van der Waals surface area contributed by atoms with Crippen LogP contribution in [-0.4, -0.2) is 64.0 Å². The van der Waals surface area contributed by atoms with Crippen LogP contribution in [-0.2, 0) is 17.6 Å². The van der Waals surface area contributed by atoms with Crippen molar-refractivity contribution in [2.45, 2.75) is 32.8 Å². The van der Waals surface area contributed by atoms with E-state index in [0.29, 0.717) is 35.0 Å². The van der Waals surface area contributed by atoms with Crippen LogP contribution in [0.3, 0.4) is 0 Å². The zero-order chi connectivity index (χ0) is 27.0. The minimum atomic E-state index is -0.574. The molecule has 2 amide bonds. The Kier molecular flexibility index (Phi) is 6.85. The number of carbonyl (C=O) groups is 2.